The standard InChI is InChI=1S/C18H23BO3/c1-17(2,20)18(3,4)22-19-14-10-12-16(13-11-14)21-15-8-6-5-7-9-15/h5-13,19-20H,1-4H3. The van der Waals surface area contributed by atoms with E-state index in [9.17, 15) is 5.11 Å². The van der Waals surface area contributed by atoms with Crippen molar-refractivity contribution in [3.8, 4) is 11.5 Å². The number of hydrogen-bond acceptors (Lipinski definition) is 3. The molecule has 3 nitrogen and oxygen atoms in total. The van der Waals surface area contributed by atoms with Gasteiger partial charge in [-0.2, -0.15) is 0 Å². The first-order chi connectivity index (χ1) is 10.3. The largest absolute Gasteiger partial charge is 0.457 e. The minimum absolute atomic E-state index is 0.447. The highest BCUT2D eigenvalue weighted by Crippen LogP contribution is 2.24. The SMILES string of the molecule is CC(C)(O)C(C)(C)OBc1ccc(Oc2ccccc2)cc1. The number of ether oxygens (including phenoxy) is 1. The summed E-state index contributed by atoms with van der Waals surface area (Å²) in [6.07, 6.45) is 0. The Bertz CT molecular complexity index is 586. The molecule has 116 valence electrons. The molecule has 4 heteroatoms. The molecule has 0 aliphatic heterocycles. The summed E-state index contributed by atoms with van der Waals surface area (Å²) in [6.45, 7) is 7.29. The van der Waals surface area contributed by atoms with Gasteiger partial charge in [0.05, 0.1) is 11.2 Å². The first kappa shape index (κ1) is 16.6. The van der Waals surface area contributed by atoms with E-state index < -0.39 is 11.2 Å². The molecule has 2 aromatic carbocycles. The van der Waals surface area contributed by atoms with Gasteiger partial charge in [0, 0.05) is 0 Å². The van der Waals surface area contributed by atoms with Gasteiger partial charge in [-0.05, 0) is 52.0 Å². The number of hydrogen-bond donors (Lipinski definition) is 1. The molecule has 0 radical (unpaired) electrons. The van der Waals surface area contributed by atoms with E-state index in [-0.39, 0.29) is 0 Å². The van der Waals surface area contributed by atoms with Gasteiger partial charge >= 0.3 is 7.48 Å². The molecule has 0 aliphatic rings. The molecule has 0 spiro atoms. The van der Waals surface area contributed by atoms with Gasteiger partial charge in [0.15, 0.2) is 0 Å². The third-order valence-corrected chi connectivity index (χ3v) is 3.98. The van der Waals surface area contributed by atoms with E-state index in [1.165, 1.54) is 0 Å². The molecule has 0 aliphatic carbocycles. The summed E-state index contributed by atoms with van der Waals surface area (Å²) in [5.74, 6) is 1.60. The topological polar surface area (TPSA) is 38.7 Å². The molecular weight excluding hydrogens is 275 g/mol. The fourth-order valence-electron chi connectivity index (χ4n) is 1.72. The average molecular weight is 298 g/mol. The van der Waals surface area contributed by atoms with Crippen molar-refractivity contribution in [1.29, 1.82) is 0 Å². The molecule has 0 saturated heterocycles. The van der Waals surface area contributed by atoms with Crippen LogP contribution in [-0.2, 0) is 4.65 Å². The van der Waals surface area contributed by atoms with Crippen molar-refractivity contribution in [1.82, 2.24) is 0 Å². The predicted molar refractivity (Wildman–Crippen MR) is 91.2 cm³/mol. The zero-order chi connectivity index (χ0) is 16.2. The second-order valence-corrected chi connectivity index (χ2v) is 6.42. The van der Waals surface area contributed by atoms with Crippen LogP contribution in [0.5, 0.6) is 11.5 Å². The van der Waals surface area contributed by atoms with Crippen molar-refractivity contribution in [2.75, 3.05) is 0 Å². The van der Waals surface area contributed by atoms with Gasteiger partial charge in [0.2, 0.25) is 0 Å². The lowest BCUT2D eigenvalue weighted by atomic mass is 9.82. The lowest BCUT2D eigenvalue weighted by molar-refractivity contribution is -0.0893. The van der Waals surface area contributed by atoms with Crippen LogP contribution in [0.4, 0.5) is 0 Å². The lowest BCUT2D eigenvalue weighted by Crippen LogP contribution is -2.49. The summed E-state index contributed by atoms with van der Waals surface area (Å²) >= 11 is 0. The van der Waals surface area contributed by atoms with Gasteiger partial charge in [-0.3, -0.25) is 0 Å². The Morgan fingerprint density at radius 3 is 1.91 bits per heavy atom. The lowest BCUT2D eigenvalue weighted by Gasteiger charge is -2.37. The van der Waals surface area contributed by atoms with Crippen molar-refractivity contribution in [3.63, 3.8) is 0 Å². The van der Waals surface area contributed by atoms with Gasteiger partial charge in [0.1, 0.15) is 11.5 Å². The van der Waals surface area contributed by atoms with Crippen molar-refractivity contribution in [2.24, 2.45) is 0 Å². The number of benzene rings is 2. The zero-order valence-electron chi connectivity index (χ0n) is 13.7. The third kappa shape index (κ3) is 4.36. The highest BCUT2D eigenvalue weighted by atomic mass is 16.5. The molecule has 0 atom stereocenters. The average Bonchev–Trinajstić information content (AvgIpc) is 2.46. The van der Waals surface area contributed by atoms with Gasteiger partial charge in [-0.25, -0.2) is 0 Å². The normalized spacial score (nSPS) is 12.0. The summed E-state index contributed by atoms with van der Waals surface area (Å²) in [7, 11) is 0.447. The number of para-hydroxylation sites is 1. The first-order valence-corrected chi connectivity index (χ1v) is 7.46. The molecule has 0 heterocycles. The Hall–Kier alpha value is -1.78. The highest BCUT2D eigenvalue weighted by Gasteiger charge is 2.35. The van der Waals surface area contributed by atoms with Gasteiger partial charge < -0.3 is 14.5 Å². The summed E-state index contributed by atoms with van der Waals surface area (Å²) < 4.78 is 11.6. The second kappa shape index (κ2) is 6.55. The minimum Gasteiger partial charge on any atom is -0.457 e. The van der Waals surface area contributed by atoms with Crippen LogP contribution >= 0.6 is 0 Å². The van der Waals surface area contributed by atoms with Crippen LogP contribution in [0.3, 0.4) is 0 Å². The molecule has 0 fully saturated rings. The molecule has 0 bridgehead atoms. The van der Waals surface area contributed by atoms with Crippen LogP contribution in [0, 0.1) is 0 Å². The Kier molecular flexibility index (Phi) is 4.94. The Morgan fingerprint density at radius 1 is 0.818 bits per heavy atom. The molecular formula is C18H23BO3. The molecule has 2 aromatic rings. The molecule has 22 heavy (non-hydrogen) atoms. The Balaban J connectivity index is 1.95. The summed E-state index contributed by atoms with van der Waals surface area (Å²) in [5.41, 5.74) is -0.479. The fraction of sp³-hybridized carbons (Fsp3) is 0.333. The maximum absolute atomic E-state index is 10.1. The quantitative estimate of drug-likeness (QED) is 0.833. The van der Waals surface area contributed by atoms with Gasteiger partial charge in [-0.15, -0.1) is 0 Å². The van der Waals surface area contributed by atoms with E-state index >= 15 is 0 Å². The molecule has 2 rings (SSSR count). The van der Waals surface area contributed by atoms with Crippen molar-refractivity contribution in [2.45, 2.75) is 38.9 Å². The second-order valence-electron chi connectivity index (χ2n) is 6.42. The van der Waals surface area contributed by atoms with E-state index in [1.54, 1.807) is 13.8 Å². The van der Waals surface area contributed by atoms with E-state index in [0.717, 1.165) is 17.0 Å². The van der Waals surface area contributed by atoms with E-state index in [1.807, 2.05) is 68.4 Å². The third-order valence-electron chi connectivity index (χ3n) is 3.98. The Labute approximate surface area is 133 Å². The monoisotopic (exact) mass is 298 g/mol. The van der Waals surface area contributed by atoms with Crippen LogP contribution < -0.4 is 10.2 Å². The maximum atomic E-state index is 10.1. The number of rotatable bonds is 6. The van der Waals surface area contributed by atoms with Crippen molar-refractivity contribution >= 4 is 12.9 Å². The van der Waals surface area contributed by atoms with Crippen LogP contribution in [0.2, 0.25) is 0 Å². The van der Waals surface area contributed by atoms with Crippen LogP contribution in [0.1, 0.15) is 27.7 Å². The smallest absolute Gasteiger partial charge is 0.309 e. The van der Waals surface area contributed by atoms with E-state index in [4.69, 9.17) is 9.39 Å². The van der Waals surface area contributed by atoms with E-state index in [2.05, 4.69) is 0 Å². The fourth-order valence-corrected chi connectivity index (χ4v) is 1.72. The maximum Gasteiger partial charge on any atom is 0.309 e. The van der Waals surface area contributed by atoms with Crippen molar-refractivity contribution in [3.05, 3.63) is 54.6 Å². The van der Waals surface area contributed by atoms with E-state index in [0.29, 0.717) is 7.48 Å². The van der Waals surface area contributed by atoms with Crippen LogP contribution in [0.15, 0.2) is 54.6 Å². The summed E-state index contributed by atoms with van der Waals surface area (Å²) in [6, 6.07) is 17.5. The first-order valence-electron chi connectivity index (χ1n) is 7.46. The molecule has 0 saturated carbocycles. The zero-order valence-corrected chi connectivity index (χ0v) is 13.7. The van der Waals surface area contributed by atoms with Gasteiger partial charge in [0.25, 0.3) is 0 Å². The Morgan fingerprint density at radius 2 is 1.36 bits per heavy atom. The number of aliphatic hydroxyl groups is 1. The van der Waals surface area contributed by atoms with Crippen LogP contribution in [0.25, 0.3) is 0 Å². The summed E-state index contributed by atoms with van der Waals surface area (Å²) in [4.78, 5) is 0. The molecule has 0 amide bonds. The predicted octanol–water partition coefficient (Wildman–Crippen LogP) is 3.02. The van der Waals surface area contributed by atoms with Gasteiger partial charge in [-0.1, -0.05) is 35.8 Å². The molecule has 0 unspecified atom stereocenters. The minimum atomic E-state index is -0.899. The van der Waals surface area contributed by atoms with Crippen LogP contribution in [-0.4, -0.2) is 23.8 Å². The molecule has 1 N–H and O–H groups in total. The highest BCUT2D eigenvalue weighted by molar-refractivity contribution is 6.47. The van der Waals surface area contributed by atoms with Crippen molar-refractivity contribution < 1.29 is 14.5 Å². The molecule has 0 aromatic heterocycles. The summed E-state index contributed by atoms with van der Waals surface area (Å²) in [5, 5.41) is 10.1.